The van der Waals surface area contributed by atoms with E-state index in [1.165, 1.54) is 45.1 Å². The summed E-state index contributed by atoms with van der Waals surface area (Å²) in [5.74, 6) is 0.964. The van der Waals surface area contributed by atoms with Gasteiger partial charge in [0.2, 0.25) is 0 Å². The molecule has 2 heteroatoms. The number of rotatable bonds is 6. The monoisotopic (exact) mass is 226 g/mol. The Morgan fingerprint density at radius 1 is 1.19 bits per heavy atom. The largest absolute Gasteiger partial charge is 0.317 e. The molecule has 1 rings (SSSR count). The number of nitrogens with one attached hydrogen (secondary N) is 1. The zero-order chi connectivity index (χ0) is 12.0. The molecular weight excluding hydrogens is 196 g/mol. The van der Waals surface area contributed by atoms with Gasteiger partial charge in [0.25, 0.3) is 0 Å². The van der Waals surface area contributed by atoms with Gasteiger partial charge in [0, 0.05) is 18.6 Å². The van der Waals surface area contributed by atoms with Gasteiger partial charge in [-0.05, 0) is 53.1 Å². The molecule has 1 saturated carbocycles. The average Bonchev–Trinajstić information content (AvgIpc) is 2.30. The Morgan fingerprint density at radius 2 is 1.81 bits per heavy atom. The minimum Gasteiger partial charge on any atom is -0.317 e. The van der Waals surface area contributed by atoms with Crippen molar-refractivity contribution in [2.24, 2.45) is 5.92 Å². The van der Waals surface area contributed by atoms with E-state index in [1.807, 2.05) is 0 Å². The molecule has 1 aliphatic rings. The van der Waals surface area contributed by atoms with E-state index >= 15 is 0 Å². The topological polar surface area (TPSA) is 15.3 Å². The lowest BCUT2D eigenvalue weighted by Gasteiger charge is -2.32. The Kier molecular flexibility index (Phi) is 6.37. The van der Waals surface area contributed by atoms with Gasteiger partial charge in [0.05, 0.1) is 0 Å². The fraction of sp³-hybridized carbons (Fsp3) is 1.00. The van der Waals surface area contributed by atoms with Crippen molar-refractivity contribution in [1.29, 1.82) is 0 Å². The lowest BCUT2D eigenvalue weighted by molar-refractivity contribution is 0.177. The summed E-state index contributed by atoms with van der Waals surface area (Å²) in [5, 5.41) is 3.33. The molecule has 0 aromatic carbocycles. The summed E-state index contributed by atoms with van der Waals surface area (Å²) in [6, 6.07) is 1.33. The van der Waals surface area contributed by atoms with Crippen LogP contribution in [0.2, 0.25) is 0 Å². The first kappa shape index (κ1) is 14.0. The standard InChI is InChI=1S/C14H30N2/c1-12(15-3)10-13(2)16(4)11-14-8-6-5-7-9-14/h12-15H,5-11H2,1-4H3. The molecule has 2 nitrogen and oxygen atoms in total. The van der Waals surface area contributed by atoms with Crippen LogP contribution in [0.1, 0.15) is 52.4 Å². The van der Waals surface area contributed by atoms with Crippen molar-refractivity contribution in [3.8, 4) is 0 Å². The first-order chi connectivity index (χ1) is 7.63. The van der Waals surface area contributed by atoms with Gasteiger partial charge in [-0.15, -0.1) is 0 Å². The second-order valence-corrected chi connectivity index (χ2v) is 5.72. The third kappa shape index (κ3) is 4.84. The second-order valence-electron chi connectivity index (χ2n) is 5.72. The Morgan fingerprint density at radius 3 is 2.38 bits per heavy atom. The first-order valence-electron chi connectivity index (χ1n) is 7.01. The zero-order valence-electron chi connectivity index (χ0n) is 11.6. The van der Waals surface area contributed by atoms with Gasteiger partial charge in [-0.3, -0.25) is 0 Å². The highest BCUT2D eigenvalue weighted by Crippen LogP contribution is 2.24. The van der Waals surface area contributed by atoms with Crippen LogP contribution in [0.15, 0.2) is 0 Å². The molecule has 16 heavy (non-hydrogen) atoms. The Hall–Kier alpha value is -0.0800. The van der Waals surface area contributed by atoms with E-state index in [9.17, 15) is 0 Å². The molecular formula is C14H30N2. The zero-order valence-corrected chi connectivity index (χ0v) is 11.6. The molecule has 0 spiro atoms. The molecule has 2 unspecified atom stereocenters. The summed E-state index contributed by atoms with van der Waals surface area (Å²) in [6.07, 6.45) is 8.54. The molecule has 2 atom stereocenters. The molecule has 0 amide bonds. The van der Waals surface area contributed by atoms with Gasteiger partial charge < -0.3 is 10.2 Å². The van der Waals surface area contributed by atoms with E-state index in [-0.39, 0.29) is 0 Å². The van der Waals surface area contributed by atoms with Gasteiger partial charge in [-0.2, -0.15) is 0 Å². The van der Waals surface area contributed by atoms with Crippen molar-refractivity contribution in [3.63, 3.8) is 0 Å². The van der Waals surface area contributed by atoms with Crippen LogP contribution in [0.4, 0.5) is 0 Å². The van der Waals surface area contributed by atoms with E-state index in [2.05, 4.69) is 38.2 Å². The number of hydrogen-bond acceptors (Lipinski definition) is 2. The van der Waals surface area contributed by atoms with Crippen molar-refractivity contribution in [1.82, 2.24) is 10.2 Å². The maximum absolute atomic E-state index is 3.33. The molecule has 0 saturated heterocycles. The Bertz CT molecular complexity index is 176. The quantitative estimate of drug-likeness (QED) is 0.749. The van der Waals surface area contributed by atoms with E-state index in [4.69, 9.17) is 0 Å². The maximum Gasteiger partial charge on any atom is 0.00786 e. The van der Waals surface area contributed by atoms with Crippen molar-refractivity contribution in [3.05, 3.63) is 0 Å². The normalized spacial score (nSPS) is 22.3. The van der Waals surface area contributed by atoms with Crippen molar-refractivity contribution in [2.45, 2.75) is 64.5 Å². The number of nitrogens with zero attached hydrogens (tertiary/aromatic N) is 1. The van der Waals surface area contributed by atoms with Crippen LogP contribution in [0.3, 0.4) is 0 Å². The first-order valence-corrected chi connectivity index (χ1v) is 7.01. The number of hydrogen-bond donors (Lipinski definition) is 1. The SMILES string of the molecule is CNC(C)CC(C)N(C)CC1CCCCC1. The summed E-state index contributed by atoms with van der Waals surface area (Å²) in [7, 11) is 4.35. The molecule has 0 bridgehead atoms. The Balaban J connectivity index is 2.24. The third-order valence-corrected chi connectivity index (χ3v) is 4.21. The highest BCUT2D eigenvalue weighted by atomic mass is 15.1. The predicted octanol–water partition coefficient (Wildman–Crippen LogP) is 2.89. The van der Waals surface area contributed by atoms with Crippen LogP contribution in [-0.2, 0) is 0 Å². The van der Waals surface area contributed by atoms with E-state index < -0.39 is 0 Å². The third-order valence-electron chi connectivity index (χ3n) is 4.21. The van der Waals surface area contributed by atoms with Gasteiger partial charge >= 0.3 is 0 Å². The van der Waals surface area contributed by atoms with Gasteiger partial charge in [0.15, 0.2) is 0 Å². The van der Waals surface area contributed by atoms with Gasteiger partial charge in [-0.1, -0.05) is 19.3 Å². The summed E-state index contributed by atoms with van der Waals surface area (Å²) >= 11 is 0. The summed E-state index contributed by atoms with van der Waals surface area (Å²) < 4.78 is 0. The highest BCUT2D eigenvalue weighted by Gasteiger charge is 2.18. The fourth-order valence-electron chi connectivity index (χ4n) is 2.77. The predicted molar refractivity (Wildman–Crippen MR) is 71.8 cm³/mol. The van der Waals surface area contributed by atoms with E-state index in [0.29, 0.717) is 12.1 Å². The lowest BCUT2D eigenvalue weighted by Crippen LogP contribution is -2.38. The molecule has 0 heterocycles. The minimum absolute atomic E-state index is 0.629. The molecule has 0 aromatic heterocycles. The fourth-order valence-corrected chi connectivity index (χ4v) is 2.77. The van der Waals surface area contributed by atoms with Crippen LogP contribution in [-0.4, -0.2) is 37.6 Å². The highest BCUT2D eigenvalue weighted by molar-refractivity contribution is 4.74. The molecule has 1 aliphatic carbocycles. The van der Waals surface area contributed by atoms with Crippen molar-refractivity contribution < 1.29 is 0 Å². The smallest absolute Gasteiger partial charge is 0.00786 e. The van der Waals surface area contributed by atoms with Crippen LogP contribution in [0.25, 0.3) is 0 Å². The average molecular weight is 226 g/mol. The molecule has 96 valence electrons. The van der Waals surface area contributed by atoms with Crippen LogP contribution in [0, 0.1) is 5.92 Å². The molecule has 1 N–H and O–H groups in total. The molecule has 0 aromatic rings. The van der Waals surface area contributed by atoms with Gasteiger partial charge in [0.1, 0.15) is 0 Å². The molecule has 0 aliphatic heterocycles. The van der Waals surface area contributed by atoms with E-state index in [1.54, 1.807) is 0 Å². The minimum atomic E-state index is 0.629. The van der Waals surface area contributed by atoms with Crippen LogP contribution in [0.5, 0.6) is 0 Å². The summed E-state index contributed by atoms with van der Waals surface area (Å²) in [5.41, 5.74) is 0. The van der Waals surface area contributed by atoms with Crippen LogP contribution >= 0.6 is 0 Å². The maximum atomic E-state index is 3.33. The van der Waals surface area contributed by atoms with Crippen molar-refractivity contribution >= 4 is 0 Å². The summed E-state index contributed by atoms with van der Waals surface area (Å²) in [6.45, 7) is 5.93. The van der Waals surface area contributed by atoms with Crippen molar-refractivity contribution in [2.75, 3.05) is 20.6 Å². The molecule has 0 radical (unpaired) electrons. The van der Waals surface area contributed by atoms with E-state index in [0.717, 1.165) is 5.92 Å². The lowest BCUT2D eigenvalue weighted by atomic mass is 9.88. The Labute approximate surface area is 102 Å². The second kappa shape index (κ2) is 7.29. The van der Waals surface area contributed by atoms with Gasteiger partial charge in [-0.25, -0.2) is 0 Å². The molecule has 1 fully saturated rings. The van der Waals surface area contributed by atoms with Crippen LogP contribution < -0.4 is 5.32 Å². The summed E-state index contributed by atoms with van der Waals surface area (Å²) in [4.78, 5) is 2.56.